The fourth-order valence-corrected chi connectivity index (χ4v) is 3.12. The lowest BCUT2D eigenvalue weighted by Gasteiger charge is -2.34. The van der Waals surface area contributed by atoms with Crippen molar-refractivity contribution in [3.05, 3.63) is 29.8 Å². The van der Waals surface area contributed by atoms with Gasteiger partial charge in [0, 0.05) is 12.6 Å². The molecular formula is C17H28N2O. The molecule has 1 fully saturated rings. The minimum atomic E-state index is 0.368. The number of hydrogen-bond donors (Lipinski definition) is 2. The molecular weight excluding hydrogens is 248 g/mol. The van der Waals surface area contributed by atoms with E-state index in [1.165, 1.54) is 31.4 Å². The molecule has 0 aliphatic carbocycles. The first-order valence-electron chi connectivity index (χ1n) is 7.94. The summed E-state index contributed by atoms with van der Waals surface area (Å²) in [6.45, 7) is 9.11. The molecule has 1 saturated heterocycles. The van der Waals surface area contributed by atoms with Gasteiger partial charge in [-0.15, -0.1) is 0 Å². The minimum Gasteiger partial charge on any atom is -0.508 e. The van der Waals surface area contributed by atoms with Crippen LogP contribution in [0.5, 0.6) is 5.75 Å². The van der Waals surface area contributed by atoms with Crippen molar-refractivity contribution in [1.82, 2.24) is 10.2 Å². The molecule has 1 unspecified atom stereocenters. The van der Waals surface area contributed by atoms with Crippen LogP contribution in [-0.2, 0) is 0 Å². The smallest absolute Gasteiger partial charge is 0.115 e. The predicted molar refractivity (Wildman–Crippen MR) is 84.0 cm³/mol. The van der Waals surface area contributed by atoms with E-state index in [4.69, 9.17) is 0 Å². The summed E-state index contributed by atoms with van der Waals surface area (Å²) in [7, 11) is 0. The maximum absolute atomic E-state index is 9.67. The van der Waals surface area contributed by atoms with E-state index in [9.17, 15) is 5.11 Å². The summed E-state index contributed by atoms with van der Waals surface area (Å²) < 4.78 is 0. The van der Waals surface area contributed by atoms with Crippen molar-refractivity contribution >= 4 is 0 Å². The number of phenols is 1. The number of piperidine rings is 1. The second kappa shape index (κ2) is 7.65. The lowest BCUT2D eigenvalue weighted by atomic mass is 9.96. The number of nitrogens with one attached hydrogen (secondary N) is 1. The third kappa shape index (κ3) is 4.22. The Balaban J connectivity index is 2.02. The molecule has 3 nitrogen and oxygen atoms in total. The maximum atomic E-state index is 9.67. The Morgan fingerprint density at radius 3 is 2.75 bits per heavy atom. The number of hydrogen-bond acceptors (Lipinski definition) is 3. The number of phenolic OH excluding ortho intramolecular Hbond substituents is 1. The van der Waals surface area contributed by atoms with Crippen molar-refractivity contribution in [2.45, 2.75) is 39.2 Å². The molecule has 0 bridgehead atoms. The van der Waals surface area contributed by atoms with Crippen LogP contribution in [0.15, 0.2) is 24.3 Å². The fourth-order valence-electron chi connectivity index (χ4n) is 3.12. The molecule has 1 aliphatic rings. The van der Waals surface area contributed by atoms with Crippen LogP contribution in [0.25, 0.3) is 0 Å². The Labute approximate surface area is 123 Å². The molecule has 1 heterocycles. The molecule has 0 aromatic heterocycles. The van der Waals surface area contributed by atoms with Crippen LogP contribution in [0.1, 0.15) is 44.7 Å². The van der Waals surface area contributed by atoms with Crippen molar-refractivity contribution < 1.29 is 5.11 Å². The first-order chi connectivity index (χ1) is 9.70. The molecule has 2 rings (SSSR count). The summed E-state index contributed by atoms with van der Waals surface area (Å²) in [6, 6.07) is 8.07. The van der Waals surface area contributed by atoms with Crippen molar-refractivity contribution in [1.29, 1.82) is 0 Å². The zero-order valence-electron chi connectivity index (χ0n) is 12.8. The van der Waals surface area contributed by atoms with Crippen molar-refractivity contribution in [2.75, 3.05) is 26.2 Å². The van der Waals surface area contributed by atoms with Gasteiger partial charge in [0.2, 0.25) is 0 Å². The zero-order valence-corrected chi connectivity index (χ0v) is 12.8. The largest absolute Gasteiger partial charge is 0.508 e. The summed E-state index contributed by atoms with van der Waals surface area (Å²) in [5, 5.41) is 13.1. The first kappa shape index (κ1) is 15.3. The van der Waals surface area contributed by atoms with Gasteiger partial charge in [-0.05, 0) is 69.4 Å². The number of benzene rings is 1. The Morgan fingerprint density at radius 1 is 1.35 bits per heavy atom. The molecule has 1 aliphatic heterocycles. The van der Waals surface area contributed by atoms with Gasteiger partial charge in [0.15, 0.2) is 0 Å². The van der Waals surface area contributed by atoms with Gasteiger partial charge < -0.3 is 10.4 Å². The normalized spacial score (nSPS) is 18.4. The van der Waals surface area contributed by atoms with Crippen LogP contribution >= 0.6 is 0 Å². The lowest BCUT2D eigenvalue weighted by Crippen LogP contribution is -2.37. The van der Waals surface area contributed by atoms with Crippen LogP contribution in [0.4, 0.5) is 0 Å². The second-order valence-electron chi connectivity index (χ2n) is 5.96. The summed E-state index contributed by atoms with van der Waals surface area (Å²) >= 11 is 0. The summed E-state index contributed by atoms with van der Waals surface area (Å²) in [4.78, 5) is 2.57. The van der Waals surface area contributed by atoms with Crippen LogP contribution < -0.4 is 5.32 Å². The third-order valence-corrected chi connectivity index (χ3v) is 4.36. The highest BCUT2D eigenvalue weighted by molar-refractivity contribution is 5.29. The van der Waals surface area contributed by atoms with Crippen LogP contribution in [0, 0.1) is 5.92 Å². The van der Waals surface area contributed by atoms with E-state index >= 15 is 0 Å². The van der Waals surface area contributed by atoms with Gasteiger partial charge in [-0.3, -0.25) is 4.90 Å². The van der Waals surface area contributed by atoms with E-state index in [0.29, 0.717) is 11.8 Å². The standard InChI is InChI=1S/C17H28N2O/c1-3-11-19(13-15-7-9-18-10-8-15)14(2)16-5-4-6-17(20)12-16/h4-6,12,14-15,18,20H,3,7-11,13H2,1-2H3. The quantitative estimate of drug-likeness (QED) is 0.838. The van der Waals surface area contributed by atoms with Crippen LogP contribution in [-0.4, -0.2) is 36.2 Å². The Kier molecular flexibility index (Phi) is 5.86. The second-order valence-corrected chi connectivity index (χ2v) is 5.96. The first-order valence-corrected chi connectivity index (χ1v) is 7.94. The Morgan fingerprint density at radius 2 is 2.10 bits per heavy atom. The van der Waals surface area contributed by atoms with E-state index in [2.05, 4.69) is 30.1 Å². The van der Waals surface area contributed by atoms with Crippen molar-refractivity contribution in [3.8, 4) is 5.75 Å². The SMILES string of the molecule is CCCN(CC1CCNCC1)C(C)c1cccc(O)c1. The molecule has 1 atom stereocenters. The third-order valence-electron chi connectivity index (χ3n) is 4.36. The average Bonchev–Trinajstić information content (AvgIpc) is 2.47. The number of aromatic hydroxyl groups is 1. The molecule has 0 radical (unpaired) electrons. The molecule has 112 valence electrons. The highest BCUT2D eigenvalue weighted by atomic mass is 16.3. The van der Waals surface area contributed by atoms with Gasteiger partial charge in [-0.1, -0.05) is 19.1 Å². The summed E-state index contributed by atoms with van der Waals surface area (Å²) in [6.07, 6.45) is 3.74. The van der Waals surface area contributed by atoms with E-state index < -0.39 is 0 Å². The lowest BCUT2D eigenvalue weighted by molar-refractivity contribution is 0.161. The fraction of sp³-hybridized carbons (Fsp3) is 0.647. The molecule has 3 heteroatoms. The van der Waals surface area contributed by atoms with Crippen LogP contribution in [0.2, 0.25) is 0 Å². The molecule has 0 saturated carbocycles. The van der Waals surface area contributed by atoms with Gasteiger partial charge in [0.25, 0.3) is 0 Å². The Hall–Kier alpha value is -1.06. The highest BCUT2D eigenvalue weighted by Gasteiger charge is 2.21. The Bertz CT molecular complexity index is 402. The summed E-state index contributed by atoms with van der Waals surface area (Å²) in [5.41, 5.74) is 1.22. The summed E-state index contributed by atoms with van der Waals surface area (Å²) in [5.74, 6) is 1.18. The number of nitrogens with zero attached hydrogens (tertiary/aromatic N) is 1. The van der Waals surface area contributed by atoms with Crippen molar-refractivity contribution in [2.24, 2.45) is 5.92 Å². The molecule has 0 amide bonds. The van der Waals surface area contributed by atoms with Gasteiger partial charge in [0.05, 0.1) is 0 Å². The van der Waals surface area contributed by atoms with E-state index in [-0.39, 0.29) is 0 Å². The molecule has 2 N–H and O–H groups in total. The zero-order chi connectivity index (χ0) is 14.4. The number of rotatable bonds is 6. The van der Waals surface area contributed by atoms with Crippen LogP contribution in [0.3, 0.4) is 0 Å². The van der Waals surface area contributed by atoms with Gasteiger partial charge in [-0.25, -0.2) is 0 Å². The molecule has 0 spiro atoms. The topological polar surface area (TPSA) is 35.5 Å². The molecule has 1 aromatic rings. The maximum Gasteiger partial charge on any atom is 0.115 e. The predicted octanol–water partition coefficient (Wildman–Crippen LogP) is 3.16. The van der Waals surface area contributed by atoms with Gasteiger partial charge >= 0.3 is 0 Å². The molecule has 20 heavy (non-hydrogen) atoms. The monoisotopic (exact) mass is 276 g/mol. The van der Waals surface area contributed by atoms with E-state index in [1.807, 2.05) is 12.1 Å². The molecule has 1 aromatic carbocycles. The van der Waals surface area contributed by atoms with Gasteiger partial charge in [-0.2, -0.15) is 0 Å². The van der Waals surface area contributed by atoms with E-state index in [1.54, 1.807) is 6.07 Å². The van der Waals surface area contributed by atoms with Gasteiger partial charge in [0.1, 0.15) is 5.75 Å². The minimum absolute atomic E-state index is 0.368. The highest BCUT2D eigenvalue weighted by Crippen LogP contribution is 2.26. The van der Waals surface area contributed by atoms with Crippen molar-refractivity contribution in [3.63, 3.8) is 0 Å². The average molecular weight is 276 g/mol. The van der Waals surface area contributed by atoms with E-state index in [0.717, 1.165) is 25.6 Å².